The molecule has 1 aromatic rings. The van der Waals surface area contributed by atoms with Gasteiger partial charge in [0.2, 0.25) is 0 Å². The second kappa shape index (κ2) is 8.30. The zero-order chi connectivity index (χ0) is 15.2. The van der Waals surface area contributed by atoms with E-state index in [-0.39, 0.29) is 0 Å². The largest absolute Gasteiger partial charge is 0.377 e. The Hall–Kier alpha value is -0.390. The lowest BCUT2D eigenvalue weighted by Crippen LogP contribution is -2.39. The predicted octanol–water partition coefficient (Wildman–Crippen LogP) is 3.62. The van der Waals surface area contributed by atoms with E-state index in [2.05, 4.69) is 46.3 Å². The molecule has 0 amide bonds. The Bertz CT molecular complexity index is 447. The Kier molecular flexibility index (Phi) is 6.71. The Morgan fingerprint density at radius 1 is 1.33 bits per heavy atom. The number of hydrogen-bond acceptors (Lipinski definition) is 3. The fourth-order valence-electron chi connectivity index (χ4n) is 2.96. The van der Waals surface area contributed by atoms with Gasteiger partial charge in [0, 0.05) is 26.2 Å². The van der Waals surface area contributed by atoms with Crippen LogP contribution in [0.15, 0.2) is 4.47 Å². The first-order valence-electron chi connectivity index (χ1n) is 8.27. The molecule has 5 heteroatoms. The minimum atomic E-state index is 0.404. The Balaban J connectivity index is 2.02. The van der Waals surface area contributed by atoms with Gasteiger partial charge in [-0.05, 0) is 55.1 Å². The van der Waals surface area contributed by atoms with Crippen LogP contribution in [0, 0.1) is 0 Å². The highest BCUT2D eigenvalue weighted by atomic mass is 79.9. The van der Waals surface area contributed by atoms with Crippen LogP contribution in [-0.2, 0) is 24.2 Å². The summed E-state index contributed by atoms with van der Waals surface area (Å²) in [7, 11) is 0. The first-order chi connectivity index (χ1) is 10.2. The number of nitrogens with zero attached hydrogens (tertiary/aromatic N) is 3. The van der Waals surface area contributed by atoms with E-state index in [9.17, 15) is 0 Å². The molecule has 120 valence electrons. The van der Waals surface area contributed by atoms with Gasteiger partial charge in [-0.1, -0.05) is 13.8 Å². The monoisotopic (exact) mass is 357 g/mol. The van der Waals surface area contributed by atoms with Crippen LogP contribution in [0.2, 0.25) is 0 Å². The molecule has 0 saturated carbocycles. The molecule has 0 aliphatic carbocycles. The molecular weight excluding hydrogens is 330 g/mol. The zero-order valence-corrected chi connectivity index (χ0v) is 15.2. The van der Waals surface area contributed by atoms with Crippen LogP contribution in [0.5, 0.6) is 0 Å². The van der Waals surface area contributed by atoms with Gasteiger partial charge >= 0.3 is 0 Å². The number of halogens is 1. The van der Waals surface area contributed by atoms with Crippen LogP contribution in [0.1, 0.15) is 51.4 Å². The van der Waals surface area contributed by atoms with Gasteiger partial charge in [0.1, 0.15) is 0 Å². The smallest absolute Gasteiger partial charge is 0.0767 e. The molecule has 21 heavy (non-hydrogen) atoms. The fraction of sp³-hybridized carbons (Fsp3) is 0.812. The molecular formula is C16H28BrN3O. The van der Waals surface area contributed by atoms with E-state index < -0.39 is 0 Å². The third-order valence-corrected chi connectivity index (χ3v) is 5.00. The van der Waals surface area contributed by atoms with Crippen LogP contribution >= 0.6 is 15.9 Å². The quantitative estimate of drug-likeness (QED) is 0.746. The standard InChI is InChI=1S/C16H28BrN3O/c1-4-10-21-13-8-7-9-19(11-13)12-15-16(17)14(5-2)18-20(15)6-3/h13H,4-12H2,1-3H3. The molecule has 1 unspecified atom stereocenters. The third-order valence-electron chi connectivity index (χ3n) is 4.09. The van der Waals surface area contributed by atoms with E-state index in [1.165, 1.54) is 28.7 Å². The van der Waals surface area contributed by atoms with Crippen molar-refractivity contribution in [1.29, 1.82) is 0 Å². The number of ether oxygens (including phenoxy) is 1. The number of likely N-dealkylation sites (tertiary alicyclic amines) is 1. The lowest BCUT2D eigenvalue weighted by Gasteiger charge is -2.32. The SMILES string of the molecule is CCCOC1CCCN(Cc2c(Br)c(CC)nn2CC)C1. The van der Waals surface area contributed by atoms with Crippen molar-refractivity contribution in [3.63, 3.8) is 0 Å². The molecule has 0 radical (unpaired) electrons. The molecule has 1 saturated heterocycles. The molecule has 0 spiro atoms. The van der Waals surface area contributed by atoms with Gasteiger partial charge in [-0.3, -0.25) is 9.58 Å². The van der Waals surface area contributed by atoms with Crippen molar-refractivity contribution >= 4 is 15.9 Å². The summed E-state index contributed by atoms with van der Waals surface area (Å²) in [5.74, 6) is 0. The molecule has 4 nitrogen and oxygen atoms in total. The lowest BCUT2D eigenvalue weighted by atomic mass is 10.1. The maximum atomic E-state index is 5.94. The number of rotatable bonds is 7. The van der Waals surface area contributed by atoms with Gasteiger partial charge in [-0.25, -0.2) is 0 Å². The average Bonchev–Trinajstić information content (AvgIpc) is 2.81. The Labute approximate surface area is 137 Å². The van der Waals surface area contributed by atoms with Crippen LogP contribution in [0.25, 0.3) is 0 Å². The summed E-state index contributed by atoms with van der Waals surface area (Å²) in [6.07, 6.45) is 4.91. The molecule has 2 rings (SSSR count). The number of piperidine rings is 1. The molecule has 0 aromatic carbocycles. The summed E-state index contributed by atoms with van der Waals surface area (Å²) < 4.78 is 9.27. The molecule has 1 atom stereocenters. The van der Waals surface area contributed by atoms with Crippen molar-refractivity contribution in [2.45, 2.75) is 65.6 Å². The van der Waals surface area contributed by atoms with Crippen molar-refractivity contribution in [2.24, 2.45) is 0 Å². The second-order valence-electron chi connectivity index (χ2n) is 5.75. The molecule has 0 bridgehead atoms. The van der Waals surface area contributed by atoms with Gasteiger partial charge in [-0.15, -0.1) is 0 Å². The molecule has 1 fully saturated rings. The van der Waals surface area contributed by atoms with Gasteiger partial charge < -0.3 is 4.74 Å². The van der Waals surface area contributed by atoms with E-state index in [4.69, 9.17) is 9.84 Å². The minimum absolute atomic E-state index is 0.404. The van der Waals surface area contributed by atoms with Crippen molar-refractivity contribution in [1.82, 2.24) is 14.7 Å². The highest BCUT2D eigenvalue weighted by molar-refractivity contribution is 9.10. The first kappa shape index (κ1) is 17.0. The lowest BCUT2D eigenvalue weighted by molar-refractivity contribution is -0.00289. The van der Waals surface area contributed by atoms with E-state index in [0.717, 1.165) is 45.6 Å². The van der Waals surface area contributed by atoms with Crippen molar-refractivity contribution < 1.29 is 4.74 Å². The fourth-order valence-corrected chi connectivity index (χ4v) is 3.65. The first-order valence-corrected chi connectivity index (χ1v) is 9.06. The highest BCUT2D eigenvalue weighted by Crippen LogP contribution is 2.25. The summed E-state index contributed by atoms with van der Waals surface area (Å²) in [6, 6.07) is 0. The molecule has 1 aromatic heterocycles. The molecule has 1 aliphatic rings. The van der Waals surface area contributed by atoms with E-state index in [1.807, 2.05) is 0 Å². The topological polar surface area (TPSA) is 30.3 Å². The van der Waals surface area contributed by atoms with Crippen molar-refractivity contribution in [3.05, 3.63) is 15.9 Å². The van der Waals surface area contributed by atoms with E-state index >= 15 is 0 Å². The van der Waals surface area contributed by atoms with Gasteiger partial charge in [0.25, 0.3) is 0 Å². The van der Waals surface area contributed by atoms with E-state index in [1.54, 1.807) is 0 Å². The Morgan fingerprint density at radius 3 is 2.81 bits per heavy atom. The Morgan fingerprint density at radius 2 is 2.14 bits per heavy atom. The highest BCUT2D eigenvalue weighted by Gasteiger charge is 2.23. The third kappa shape index (κ3) is 4.30. The van der Waals surface area contributed by atoms with Gasteiger partial charge in [0.15, 0.2) is 0 Å². The molecule has 1 aliphatic heterocycles. The predicted molar refractivity (Wildman–Crippen MR) is 89.5 cm³/mol. The van der Waals surface area contributed by atoms with Crippen LogP contribution < -0.4 is 0 Å². The van der Waals surface area contributed by atoms with Crippen LogP contribution in [0.4, 0.5) is 0 Å². The zero-order valence-electron chi connectivity index (χ0n) is 13.6. The minimum Gasteiger partial charge on any atom is -0.377 e. The summed E-state index contributed by atoms with van der Waals surface area (Å²) >= 11 is 3.75. The number of aromatic nitrogens is 2. The number of hydrogen-bond donors (Lipinski definition) is 0. The van der Waals surface area contributed by atoms with Gasteiger partial charge in [0.05, 0.1) is 22.0 Å². The van der Waals surface area contributed by atoms with Crippen LogP contribution in [-0.4, -0.2) is 40.5 Å². The maximum absolute atomic E-state index is 5.94. The molecule has 0 N–H and O–H groups in total. The van der Waals surface area contributed by atoms with Crippen molar-refractivity contribution in [3.8, 4) is 0 Å². The number of aryl methyl sites for hydroxylation is 2. The van der Waals surface area contributed by atoms with E-state index in [0.29, 0.717) is 6.10 Å². The van der Waals surface area contributed by atoms with Gasteiger partial charge in [-0.2, -0.15) is 5.10 Å². The normalized spacial score (nSPS) is 20.1. The van der Waals surface area contributed by atoms with Crippen LogP contribution in [0.3, 0.4) is 0 Å². The average molecular weight is 358 g/mol. The summed E-state index contributed by atoms with van der Waals surface area (Å²) in [5, 5.41) is 4.69. The van der Waals surface area contributed by atoms with Crippen molar-refractivity contribution in [2.75, 3.05) is 19.7 Å². The summed E-state index contributed by atoms with van der Waals surface area (Å²) in [5.41, 5.74) is 2.48. The summed E-state index contributed by atoms with van der Waals surface area (Å²) in [6.45, 7) is 11.5. The second-order valence-corrected chi connectivity index (χ2v) is 6.54. The summed E-state index contributed by atoms with van der Waals surface area (Å²) in [4.78, 5) is 2.51. The maximum Gasteiger partial charge on any atom is 0.0767 e. The molecule has 2 heterocycles.